The van der Waals surface area contributed by atoms with Crippen LogP contribution in [0.2, 0.25) is 0 Å². The summed E-state index contributed by atoms with van der Waals surface area (Å²) in [7, 11) is 0. The predicted molar refractivity (Wildman–Crippen MR) is 80.8 cm³/mol. The number of aromatic nitrogens is 3. The van der Waals surface area contributed by atoms with Crippen molar-refractivity contribution in [3.05, 3.63) is 38.2 Å². The van der Waals surface area contributed by atoms with Gasteiger partial charge in [-0.05, 0) is 44.8 Å². The second-order valence-corrected chi connectivity index (χ2v) is 6.24. The Hall–Kier alpha value is -0.850. The van der Waals surface area contributed by atoms with Crippen LogP contribution in [0, 0.1) is 6.92 Å². The molecule has 2 aromatic rings. The van der Waals surface area contributed by atoms with Crippen molar-refractivity contribution in [2.45, 2.75) is 19.9 Å². The van der Waals surface area contributed by atoms with Crippen molar-refractivity contribution in [3.8, 4) is 11.5 Å². The van der Waals surface area contributed by atoms with Crippen molar-refractivity contribution < 1.29 is 0 Å². The van der Waals surface area contributed by atoms with Gasteiger partial charge in [-0.3, -0.25) is 4.98 Å². The number of hydrogen-bond acceptors (Lipinski definition) is 4. The maximum Gasteiger partial charge on any atom is 0.179 e. The van der Waals surface area contributed by atoms with Crippen molar-refractivity contribution in [1.82, 2.24) is 20.3 Å². The van der Waals surface area contributed by atoms with Crippen molar-refractivity contribution in [2.24, 2.45) is 0 Å². The summed E-state index contributed by atoms with van der Waals surface area (Å²) in [6, 6.07) is 1.96. The third-order valence-electron chi connectivity index (χ3n) is 3.16. The molecule has 0 amide bonds. The van der Waals surface area contributed by atoms with Gasteiger partial charge in [-0.15, -0.1) is 0 Å². The normalized spacial score (nSPS) is 14.3. The topological polar surface area (TPSA) is 50.7 Å². The number of nitrogens with one attached hydrogen (secondary N) is 1. The first kappa shape index (κ1) is 13.1. The summed E-state index contributed by atoms with van der Waals surface area (Å²) in [4.78, 5) is 13.7. The van der Waals surface area contributed by atoms with E-state index in [9.17, 15) is 0 Å². The van der Waals surface area contributed by atoms with Crippen LogP contribution in [-0.4, -0.2) is 21.5 Å². The minimum Gasteiger partial charge on any atom is -0.312 e. The number of aryl methyl sites for hydroxylation is 1. The Morgan fingerprint density at radius 2 is 2.11 bits per heavy atom. The lowest BCUT2D eigenvalue weighted by atomic mass is 10.1. The molecule has 0 bridgehead atoms. The largest absolute Gasteiger partial charge is 0.312 e. The Morgan fingerprint density at radius 3 is 2.89 bits per heavy atom. The summed E-state index contributed by atoms with van der Waals surface area (Å²) in [6.07, 6.45) is 2.71. The zero-order chi connectivity index (χ0) is 13.4. The fraction of sp³-hybridized carbons (Fsp3) is 0.308. The number of pyridine rings is 1. The molecule has 6 heteroatoms. The van der Waals surface area contributed by atoms with Crippen LogP contribution in [0.1, 0.15) is 17.0 Å². The van der Waals surface area contributed by atoms with Gasteiger partial charge in [0.1, 0.15) is 5.69 Å². The average Bonchev–Trinajstić information content (AvgIpc) is 2.38. The van der Waals surface area contributed by atoms with E-state index in [4.69, 9.17) is 0 Å². The number of nitrogens with zero attached hydrogens (tertiary/aromatic N) is 3. The predicted octanol–water partition coefficient (Wildman–Crippen LogP) is 3.02. The first-order valence-electron chi connectivity index (χ1n) is 6.03. The molecule has 0 aliphatic carbocycles. The van der Waals surface area contributed by atoms with Gasteiger partial charge in [-0.25, -0.2) is 9.97 Å². The van der Waals surface area contributed by atoms with E-state index in [1.807, 2.05) is 13.0 Å². The van der Waals surface area contributed by atoms with Crippen LogP contribution in [0.15, 0.2) is 21.2 Å². The molecule has 1 N–H and O–H groups in total. The second kappa shape index (κ2) is 5.26. The minimum atomic E-state index is 0.692. The number of rotatable bonds is 1. The van der Waals surface area contributed by atoms with E-state index in [0.717, 1.165) is 45.5 Å². The molecule has 4 nitrogen and oxygen atoms in total. The number of halogens is 2. The molecule has 0 saturated heterocycles. The SMILES string of the molecule is Cc1nc(-c2ncc(Br)cc2Br)nc2c1CNCC2. The lowest BCUT2D eigenvalue weighted by Crippen LogP contribution is -2.26. The van der Waals surface area contributed by atoms with Crippen LogP contribution in [0.5, 0.6) is 0 Å². The van der Waals surface area contributed by atoms with Gasteiger partial charge in [0.2, 0.25) is 0 Å². The van der Waals surface area contributed by atoms with Crippen LogP contribution in [0.4, 0.5) is 0 Å². The molecule has 0 spiro atoms. The Labute approximate surface area is 128 Å². The monoisotopic (exact) mass is 382 g/mol. The van der Waals surface area contributed by atoms with E-state index in [1.165, 1.54) is 5.56 Å². The second-order valence-electron chi connectivity index (χ2n) is 4.47. The van der Waals surface area contributed by atoms with Crippen LogP contribution < -0.4 is 5.32 Å². The van der Waals surface area contributed by atoms with Gasteiger partial charge in [-0.1, -0.05) is 0 Å². The van der Waals surface area contributed by atoms with E-state index < -0.39 is 0 Å². The first-order valence-corrected chi connectivity index (χ1v) is 7.62. The van der Waals surface area contributed by atoms with E-state index in [2.05, 4.69) is 52.1 Å². The molecule has 3 heterocycles. The molecule has 0 saturated carbocycles. The molecule has 0 fully saturated rings. The smallest absolute Gasteiger partial charge is 0.179 e. The van der Waals surface area contributed by atoms with Gasteiger partial charge in [0.15, 0.2) is 5.82 Å². The minimum absolute atomic E-state index is 0.692. The Kier molecular flexibility index (Phi) is 3.64. The Bertz CT molecular complexity index is 643. The summed E-state index contributed by atoms with van der Waals surface area (Å²) in [5, 5.41) is 3.35. The van der Waals surface area contributed by atoms with Gasteiger partial charge in [0.25, 0.3) is 0 Å². The summed E-state index contributed by atoms with van der Waals surface area (Å²) in [6.45, 7) is 3.86. The molecule has 0 aromatic carbocycles. The molecular weight excluding hydrogens is 372 g/mol. The van der Waals surface area contributed by atoms with Crippen molar-refractivity contribution in [1.29, 1.82) is 0 Å². The molecule has 1 aliphatic rings. The highest BCUT2D eigenvalue weighted by atomic mass is 79.9. The summed E-state index contributed by atoms with van der Waals surface area (Å²) in [5.41, 5.74) is 4.18. The van der Waals surface area contributed by atoms with E-state index in [0.29, 0.717) is 5.82 Å². The Morgan fingerprint density at radius 1 is 1.26 bits per heavy atom. The third kappa shape index (κ3) is 2.57. The first-order chi connectivity index (χ1) is 9.15. The van der Waals surface area contributed by atoms with Gasteiger partial charge < -0.3 is 5.32 Å². The average molecular weight is 384 g/mol. The highest BCUT2D eigenvalue weighted by Crippen LogP contribution is 2.27. The standard InChI is InChI=1S/C13H12Br2N4/c1-7-9-6-16-3-2-11(9)19-13(18-7)12-10(15)4-8(14)5-17-12/h4-5,16H,2-3,6H2,1H3. The Balaban J connectivity index is 2.13. The van der Waals surface area contributed by atoms with Crippen LogP contribution >= 0.6 is 31.9 Å². The molecule has 98 valence electrons. The van der Waals surface area contributed by atoms with E-state index >= 15 is 0 Å². The molecule has 19 heavy (non-hydrogen) atoms. The molecule has 3 rings (SSSR count). The molecule has 2 aromatic heterocycles. The summed E-state index contributed by atoms with van der Waals surface area (Å²) >= 11 is 6.92. The molecule has 0 unspecified atom stereocenters. The van der Waals surface area contributed by atoms with Gasteiger partial charge in [-0.2, -0.15) is 0 Å². The fourth-order valence-corrected chi connectivity index (χ4v) is 3.36. The van der Waals surface area contributed by atoms with Gasteiger partial charge in [0.05, 0.1) is 5.69 Å². The van der Waals surface area contributed by atoms with Crippen molar-refractivity contribution in [3.63, 3.8) is 0 Å². The molecule has 0 atom stereocenters. The molecular formula is C13H12Br2N4. The number of fused-ring (bicyclic) bond motifs is 1. The van der Waals surface area contributed by atoms with Gasteiger partial charge >= 0.3 is 0 Å². The van der Waals surface area contributed by atoms with Crippen LogP contribution in [-0.2, 0) is 13.0 Å². The maximum atomic E-state index is 4.68. The lowest BCUT2D eigenvalue weighted by molar-refractivity contribution is 0.621. The summed E-state index contributed by atoms with van der Waals surface area (Å²) in [5.74, 6) is 0.692. The quantitative estimate of drug-likeness (QED) is 0.822. The van der Waals surface area contributed by atoms with Crippen molar-refractivity contribution >= 4 is 31.9 Å². The zero-order valence-electron chi connectivity index (χ0n) is 10.4. The van der Waals surface area contributed by atoms with Crippen LogP contribution in [0.3, 0.4) is 0 Å². The van der Waals surface area contributed by atoms with Crippen molar-refractivity contribution in [2.75, 3.05) is 6.54 Å². The van der Waals surface area contributed by atoms with Crippen LogP contribution in [0.25, 0.3) is 11.5 Å². The molecule has 0 radical (unpaired) electrons. The fourth-order valence-electron chi connectivity index (χ4n) is 2.20. The molecule has 1 aliphatic heterocycles. The van der Waals surface area contributed by atoms with E-state index in [1.54, 1.807) is 6.20 Å². The maximum absolute atomic E-state index is 4.68. The highest BCUT2D eigenvalue weighted by molar-refractivity contribution is 9.11. The lowest BCUT2D eigenvalue weighted by Gasteiger charge is -2.18. The summed E-state index contributed by atoms with van der Waals surface area (Å²) < 4.78 is 1.83. The van der Waals surface area contributed by atoms with Gasteiger partial charge in [0, 0.05) is 45.9 Å². The third-order valence-corrected chi connectivity index (χ3v) is 4.20. The highest BCUT2D eigenvalue weighted by Gasteiger charge is 2.17. The van der Waals surface area contributed by atoms with E-state index in [-0.39, 0.29) is 0 Å². The number of hydrogen-bond donors (Lipinski definition) is 1. The zero-order valence-corrected chi connectivity index (χ0v) is 13.5.